The summed E-state index contributed by atoms with van der Waals surface area (Å²) in [5.41, 5.74) is 4.25. The van der Waals surface area contributed by atoms with Gasteiger partial charge in [0.2, 0.25) is 0 Å². The van der Waals surface area contributed by atoms with E-state index in [1.165, 1.54) is 5.56 Å². The molecule has 0 aliphatic carbocycles. The number of allylic oxidation sites excluding steroid dienone is 1. The Morgan fingerprint density at radius 2 is 1.63 bits per heavy atom. The summed E-state index contributed by atoms with van der Waals surface area (Å²) in [7, 11) is 0.804. The van der Waals surface area contributed by atoms with E-state index in [1.807, 2.05) is 79.5 Å². The zero-order valence-corrected chi connectivity index (χ0v) is 18.9. The second-order valence-electron chi connectivity index (χ2n) is 7.99. The number of hydrogen-bond acceptors (Lipinski definition) is 2. The molecule has 1 aromatic heterocycles. The van der Waals surface area contributed by atoms with E-state index in [-0.39, 0.29) is 5.43 Å². The zero-order chi connectivity index (χ0) is 21.7. The van der Waals surface area contributed by atoms with Gasteiger partial charge in [-0.05, 0) is 48.1 Å². The van der Waals surface area contributed by atoms with Crippen LogP contribution in [-0.2, 0) is 24.3 Å². The fourth-order valence-corrected chi connectivity index (χ4v) is 4.59. The molecule has 0 radical (unpaired) electrons. The summed E-state index contributed by atoms with van der Waals surface area (Å²) in [6.45, 7) is 6.30. The van der Waals surface area contributed by atoms with Crippen molar-refractivity contribution in [1.29, 1.82) is 0 Å². The fraction of sp³-hybridized carbons (Fsp3) is 0.269. The molecule has 1 atom stereocenters. The van der Waals surface area contributed by atoms with Gasteiger partial charge < -0.3 is 4.57 Å². The Morgan fingerprint density at radius 1 is 1.00 bits per heavy atom. The molecule has 156 valence electrons. The van der Waals surface area contributed by atoms with E-state index in [2.05, 4.69) is 26.0 Å². The predicted molar refractivity (Wildman–Crippen MR) is 127 cm³/mol. The van der Waals surface area contributed by atoms with Gasteiger partial charge in [0, 0.05) is 41.2 Å². The SMILES string of the molecule is C/C=C/CS(=O)c1cccc(-c2cn(C)cc(-c3cccc(CC(C)C)c3)c2=O)c1. The van der Waals surface area contributed by atoms with Crippen molar-refractivity contribution in [3.05, 3.63) is 88.9 Å². The first kappa shape index (κ1) is 22.0. The number of hydrogen-bond donors (Lipinski definition) is 0. The second-order valence-corrected chi connectivity index (χ2v) is 9.48. The van der Waals surface area contributed by atoms with E-state index >= 15 is 0 Å². The molecular weight excluding hydrogens is 390 g/mol. The van der Waals surface area contributed by atoms with Crippen LogP contribution in [0.25, 0.3) is 22.3 Å². The number of aromatic nitrogens is 1. The molecule has 4 heteroatoms. The summed E-state index contributed by atoms with van der Waals surface area (Å²) in [5.74, 6) is 1.03. The van der Waals surface area contributed by atoms with E-state index in [9.17, 15) is 9.00 Å². The molecule has 3 aromatic rings. The first-order valence-corrected chi connectivity index (χ1v) is 11.6. The number of rotatable bonds is 7. The first-order valence-electron chi connectivity index (χ1n) is 10.3. The first-order chi connectivity index (χ1) is 14.4. The highest BCUT2D eigenvalue weighted by atomic mass is 32.2. The Labute approximate surface area is 181 Å². The highest BCUT2D eigenvalue weighted by Crippen LogP contribution is 2.24. The lowest BCUT2D eigenvalue weighted by Gasteiger charge is -2.12. The summed E-state index contributed by atoms with van der Waals surface area (Å²) in [5, 5.41) is 0. The van der Waals surface area contributed by atoms with E-state index in [0.29, 0.717) is 22.8 Å². The van der Waals surface area contributed by atoms with E-state index in [0.717, 1.165) is 22.4 Å². The number of pyridine rings is 1. The summed E-state index contributed by atoms with van der Waals surface area (Å²) in [4.78, 5) is 14.1. The van der Waals surface area contributed by atoms with Crippen LogP contribution in [0.5, 0.6) is 0 Å². The molecule has 0 saturated heterocycles. The number of benzene rings is 2. The Morgan fingerprint density at radius 3 is 2.27 bits per heavy atom. The van der Waals surface area contributed by atoms with E-state index in [4.69, 9.17) is 0 Å². The molecule has 0 aliphatic rings. The van der Waals surface area contributed by atoms with Gasteiger partial charge in [-0.15, -0.1) is 0 Å². The van der Waals surface area contributed by atoms with Gasteiger partial charge in [-0.3, -0.25) is 9.00 Å². The van der Waals surface area contributed by atoms with Crippen LogP contribution in [0.4, 0.5) is 0 Å². The molecule has 2 aromatic carbocycles. The lowest BCUT2D eigenvalue weighted by molar-refractivity contribution is 0.647. The van der Waals surface area contributed by atoms with Gasteiger partial charge in [0.1, 0.15) is 0 Å². The fourth-order valence-electron chi connectivity index (χ4n) is 3.54. The van der Waals surface area contributed by atoms with E-state index in [1.54, 1.807) is 0 Å². The van der Waals surface area contributed by atoms with Crippen LogP contribution in [0.3, 0.4) is 0 Å². The minimum atomic E-state index is -1.13. The lowest BCUT2D eigenvalue weighted by atomic mass is 9.97. The smallest absolute Gasteiger partial charge is 0.197 e. The molecule has 0 aliphatic heterocycles. The van der Waals surface area contributed by atoms with Crippen molar-refractivity contribution in [2.45, 2.75) is 32.1 Å². The van der Waals surface area contributed by atoms with Crippen molar-refractivity contribution < 1.29 is 4.21 Å². The van der Waals surface area contributed by atoms with Gasteiger partial charge in [-0.25, -0.2) is 0 Å². The third-order valence-corrected chi connectivity index (χ3v) is 6.20. The summed E-state index contributed by atoms with van der Waals surface area (Å²) < 4.78 is 14.5. The Balaban J connectivity index is 2.06. The minimum Gasteiger partial charge on any atom is -0.356 e. The quantitative estimate of drug-likeness (QED) is 0.468. The van der Waals surface area contributed by atoms with Crippen LogP contribution in [0.15, 0.2) is 82.8 Å². The zero-order valence-electron chi connectivity index (χ0n) is 18.1. The van der Waals surface area contributed by atoms with Crippen molar-refractivity contribution in [3.63, 3.8) is 0 Å². The van der Waals surface area contributed by atoms with Crippen LogP contribution in [-0.4, -0.2) is 14.5 Å². The van der Waals surface area contributed by atoms with Crippen molar-refractivity contribution in [2.24, 2.45) is 13.0 Å². The van der Waals surface area contributed by atoms with Crippen molar-refractivity contribution >= 4 is 10.8 Å². The maximum atomic E-state index is 13.4. The molecule has 0 N–H and O–H groups in total. The Hall–Kier alpha value is -2.72. The lowest BCUT2D eigenvalue weighted by Crippen LogP contribution is -2.12. The molecule has 0 saturated carbocycles. The number of nitrogens with zero attached hydrogens (tertiary/aromatic N) is 1. The molecule has 0 fully saturated rings. The highest BCUT2D eigenvalue weighted by molar-refractivity contribution is 7.85. The molecule has 0 bridgehead atoms. The van der Waals surface area contributed by atoms with Gasteiger partial charge in [0.25, 0.3) is 0 Å². The highest BCUT2D eigenvalue weighted by Gasteiger charge is 2.13. The third-order valence-electron chi connectivity index (χ3n) is 4.93. The summed E-state index contributed by atoms with van der Waals surface area (Å²) in [6.07, 6.45) is 8.50. The Bertz CT molecular complexity index is 1140. The van der Waals surface area contributed by atoms with Crippen LogP contribution >= 0.6 is 0 Å². The maximum Gasteiger partial charge on any atom is 0.197 e. The summed E-state index contributed by atoms with van der Waals surface area (Å²) >= 11 is 0. The van der Waals surface area contributed by atoms with Crippen molar-refractivity contribution in [3.8, 4) is 22.3 Å². The van der Waals surface area contributed by atoms with Crippen LogP contribution in [0.1, 0.15) is 26.3 Å². The molecule has 1 unspecified atom stereocenters. The van der Waals surface area contributed by atoms with Crippen LogP contribution in [0.2, 0.25) is 0 Å². The predicted octanol–water partition coefficient (Wildman–Crippen LogP) is 5.60. The molecule has 3 rings (SSSR count). The summed E-state index contributed by atoms with van der Waals surface area (Å²) in [6, 6.07) is 15.7. The largest absolute Gasteiger partial charge is 0.356 e. The normalized spacial score (nSPS) is 12.6. The second kappa shape index (κ2) is 9.86. The molecule has 0 amide bonds. The third kappa shape index (κ3) is 5.25. The standard InChI is InChI=1S/C26H29NO2S/c1-5-6-13-30(29)23-12-8-11-22(16-23)25-18-27(4)17-24(26(25)28)21-10-7-9-20(15-21)14-19(2)3/h5-12,15-19H,13-14H2,1-4H3/b6-5+. The van der Waals surface area contributed by atoms with Gasteiger partial charge in [0.05, 0.1) is 10.8 Å². The van der Waals surface area contributed by atoms with Gasteiger partial charge in [-0.1, -0.05) is 62.4 Å². The molecule has 0 spiro atoms. The molecule has 30 heavy (non-hydrogen) atoms. The van der Waals surface area contributed by atoms with Gasteiger partial charge >= 0.3 is 0 Å². The van der Waals surface area contributed by atoms with Crippen LogP contribution in [0, 0.1) is 5.92 Å². The maximum absolute atomic E-state index is 13.4. The monoisotopic (exact) mass is 419 g/mol. The topological polar surface area (TPSA) is 39.1 Å². The van der Waals surface area contributed by atoms with Crippen molar-refractivity contribution in [1.82, 2.24) is 4.57 Å². The average molecular weight is 420 g/mol. The van der Waals surface area contributed by atoms with Gasteiger partial charge in [-0.2, -0.15) is 0 Å². The van der Waals surface area contributed by atoms with E-state index < -0.39 is 10.8 Å². The molecule has 3 nitrogen and oxygen atoms in total. The molecule has 1 heterocycles. The average Bonchev–Trinajstić information content (AvgIpc) is 2.73. The van der Waals surface area contributed by atoms with Crippen LogP contribution < -0.4 is 5.43 Å². The Kier molecular flexibility index (Phi) is 7.22. The van der Waals surface area contributed by atoms with Crippen molar-refractivity contribution in [2.75, 3.05) is 5.75 Å². The minimum absolute atomic E-state index is 0.00816. The molecular formula is C26H29NO2S. The number of aryl methyl sites for hydroxylation is 1. The van der Waals surface area contributed by atoms with Gasteiger partial charge in [0.15, 0.2) is 5.43 Å².